The van der Waals surface area contributed by atoms with Crippen molar-refractivity contribution in [1.29, 1.82) is 0 Å². The van der Waals surface area contributed by atoms with Crippen LogP contribution in [0.25, 0.3) is 0 Å². The first-order valence-electron chi connectivity index (χ1n) is 6.98. The number of benzene rings is 1. The molecular weight excluding hydrogens is 236 g/mol. The Balaban J connectivity index is 1.70. The minimum absolute atomic E-state index is 0.0540. The molecule has 0 aromatic heterocycles. The van der Waals surface area contributed by atoms with Crippen LogP contribution in [0.3, 0.4) is 0 Å². The topological polar surface area (TPSA) is 32.3 Å². The van der Waals surface area contributed by atoms with Gasteiger partial charge in [-0.25, -0.2) is 0 Å². The highest BCUT2D eigenvalue weighted by molar-refractivity contribution is 5.83. The van der Waals surface area contributed by atoms with Crippen molar-refractivity contribution >= 4 is 5.91 Å². The molecule has 1 N–H and O–H groups in total. The molecule has 1 amide bonds. The molecule has 1 atom stereocenters. The number of carbonyl (C=O) groups excluding carboxylic acids is 1. The summed E-state index contributed by atoms with van der Waals surface area (Å²) in [5.41, 5.74) is 4.02. The van der Waals surface area contributed by atoms with Gasteiger partial charge in [-0.3, -0.25) is 4.79 Å². The minimum Gasteiger partial charge on any atom is -0.337 e. The molecule has 0 unspecified atom stereocenters. The zero-order valence-corrected chi connectivity index (χ0v) is 11.4. The summed E-state index contributed by atoms with van der Waals surface area (Å²) in [7, 11) is 0. The normalized spacial score (nSPS) is 22.7. The van der Waals surface area contributed by atoms with E-state index in [0.29, 0.717) is 0 Å². The van der Waals surface area contributed by atoms with Crippen LogP contribution in [0.15, 0.2) is 35.9 Å². The number of carbonyl (C=O) groups is 1. The highest BCUT2D eigenvalue weighted by Crippen LogP contribution is 2.18. The van der Waals surface area contributed by atoms with E-state index in [1.54, 1.807) is 0 Å². The van der Waals surface area contributed by atoms with Gasteiger partial charge in [-0.2, -0.15) is 0 Å². The van der Waals surface area contributed by atoms with Crippen molar-refractivity contribution in [3.63, 3.8) is 0 Å². The van der Waals surface area contributed by atoms with E-state index in [-0.39, 0.29) is 11.9 Å². The lowest BCUT2D eigenvalue weighted by molar-refractivity contribution is -0.133. The summed E-state index contributed by atoms with van der Waals surface area (Å²) >= 11 is 0. The summed E-state index contributed by atoms with van der Waals surface area (Å²) < 4.78 is 0. The summed E-state index contributed by atoms with van der Waals surface area (Å²) in [5.74, 6) is 0.248. The Kier molecular flexibility index (Phi) is 3.38. The number of hydrogen-bond donors (Lipinski definition) is 1. The van der Waals surface area contributed by atoms with Crippen LogP contribution in [0.2, 0.25) is 0 Å². The van der Waals surface area contributed by atoms with Crippen molar-refractivity contribution in [3.05, 3.63) is 47.0 Å². The van der Waals surface area contributed by atoms with Gasteiger partial charge in [-0.05, 0) is 30.9 Å². The second-order valence-electron chi connectivity index (χ2n) is 5.49. The van der Waals surface area contributed by atoms with Crippen LogP contribution >= 0.6 is 0 Å². The van der Waals surface area contributed by atoms with Crippen LogP contribution < -0.4 is 5.32 Å². The third-order valence-corrected chi connectivity index (χ3v) is 4.13. The average Bonchev–Trinajstić information content (AvgIpc) is 2.47. The minimum atomic E-state index is -0.0540. The Morgan fingerprint density at radius 3 is 2.84 bits per heavy atom. The summed E-state index contributed by atoms with van der Waals surface area (Å²) in [5, 5.41) is 3.37. The van der Waals surface area contributed by atoms with E-state index in [4.69, 9.17) is 0 Å². The Bertz CT molecular complexity index is 521. The molecule has 0 spiro atoms. The van der Waals surface area contributed by atoms with E-state index in [1.165, 1.54) is 16.7 Å². The molecule has 0 radical (unpaired) electrons. The maximum atomic E-state index is 12.5. The highest BCUT2D eigenvalue weighted by atomic mass is 16.2. The van der Waals surface area contributed by atoms with Gasteiger partial charge in [0.1, 0.15) is 0 Å². The standard InChI is InChI=1S/C16H20N2O/c1-12-6-8-18(9-7-12)16(19)15-10-13-4-2-3-5-14(13)11-17-15/h2-6,15,17H,7-11H2,1H3/t15-/m1/s1. The summed E-state index contributed by atoms with van der Waals surface area (Å²) in [4.78, 5) is 14.5. The van der Waals surface area contributed by atoms with E-state index in [1.807, 2.05) is 4.90 Å². The second kappa shape index (κ2) is 5.17. The molecule has 3 nitrogen and oxygen atoms in total. The smallest absolute Gasteiger partial charge is 0.240 e. The van der Waals surface area contributed by atoms with E-state index < -0.39 is 0 Å². The molecule has 19 heavy (non-hydrogen) atoms. The number of hydrogen-bond acceptors (Lipinski definition) is 2. The van der Waals surface area contributed by atoms with E-state index in [9.17, 15) is 4.79 Å². The van der Waals surface area contributed by atoms with Crippen LogP contribution in [-0.2, 0) is 17.8 Å². The van der Waals surface area contributed by atoms with Gasteiger partial charge in [-0.15, -0.1) is 0 Å². The zero-order chi connectivity index (χ0) is 13.2. The molecule has 3 rings (SSSR count). The molecule has 2 aliphatic rings. The fourth-order valence-corrected chi connectivity index (χ4v) is 2.82. The van der Waals surface area contributed by atoms with Gasteiger partial charge < -0.3 is 10.2 Å². The fourth-order valence-electron chi connectivity index (χ4n) is 2.82. The van der Waals surface area contributed by atoms with Crippen molar-refractivity contribution in [1.82, 2.24) is 10.2 Å². The Morgan fingerprint density at radius 2 is 2.11 bits per heavy atom. The van der Waals surface area contributed by atoms with Crippen molar-refractivity contribution in [2.75, 3.05) is 13.1 Å². The van der Waals surface area contributed by atoms with Gasteiger partial charge in [0.15, 0.2) is 0 Å². The van der Waals surface area contributed by atoms with Crippen LogP contribution in [0.4, 0.5) is 0 Å². The fraction of sp³-hybridized carbons (Fsp3) is 0.438. The molecule has 1 aromatic rings. The largest absolute Gasteiger partial charge is 0.337 e. The predicted octanol–water partition coefficient (Wildman–Crippen LogP) is 1.88. The Morgan fingerprint density at radius 1 is 1.32 bits per heavy atom. The maximum absolute atomic E-state index is 12.5. The van der Waals surface area contributed by atoms with Crippen molar-refractivity contribution in [2.45, 2.75) is 32.4 Å². The molecule has 0 saturated carbocycles. The number of nitrogens with one attached hydrogen (secondary N) is 1. The quantitative estimate of drug-likeness (QED) is 0.778. The zero-order valence-electron chi connectivity index (χ0n) is 11.4. The molecule has 2 heterocycles. The summed E-state index contributed by atoms with van der Waals surface area (Å²) in [6.45, 7) is 4.57. The van der Waals surface area contributed by atoms with E-state index in [0.717, 1.165) is 32.5 Å². The third-order valence-electron chi connectivity index (χ3n) is 4.13. The second-order valence-corrected chi connectivity index (χ2v) is 5.49. The first kappa shape index (κ1) is 12.4. The number of nitrogens with zero attached hydrogens (tertiary/aromatic N) is 1. The Labute approximate surface area is 114 Å². The molecule has 1 aromatic carbocycles. The van der Waals surface area contributed by atoms with Crippen molar-refractivity contribution in [3.8, 4) is 0 Å². The lowest BCUT2D eigenvalue weighted by Gasteiger charge is -2.32. The van der Waals surface area contributed by atoms with Crippen molar-refractivity contribution < 1.29 is 4.79 Å². The van der Waals surface area contributed by atoms with Gasteiger partial charge in [0.05, 0.1) is 6.04 Å². The van der Waals surface area contributed by atoms with Crippen LogP contribution in [-0.4, -0.2) is 29.9 Å². The van der Waals surface area contributed by atoms with Crippen LogP contribution in [0.5, 0.6) is 0 Å². The lowest BCUT2D eigenvalue weighted by atomic mass is 9.95. The van der Waals surface area contributed by atoms with Crippen LogP contribution in [0, 0.1) is 0 Å². The first-order chi connectivity index (χ1) is 9.24. The van der Waals surface area contributed by atoms with Crippen molar-refractivity contribution in [2.24, 2.45) is 0 Å². The van der Waals surface area contributed by atoms with Gasteiger partial charge in [-0.1, -0.05) is 35.9 Å². The molecule has 2 aliphatic heterocycles. The average molecular weight is 256 g/mol. The molecular formula is C16H20N2O. The summed E-state index contributed by atoms with van der Waals surface area (Å²) in [6.07, 6.45) is 3.99. The lowest BCUT2D eigenvalue weighted by Crippen LogP contribution is -2.50. The molecule has 100 valence electrons. The van der Waals surface area contributed by atoms with E-state index in [2.05, 4.69) is 42.6 Å². The SMILES string of the molecule is CC1=CCN(C(=O)[C@H]2Cc3ccccc3CN2)CC1. The summed E-state index contributed by atoms with van der Waals surface area (Å²) in [6, 6.07) is 8.33. The molecule has 0 saturated heterocycles. The highest BCUT2D eigenvalue weighted by Gasteiger charge is 2.28. The molecule has 0 bridgehead atoms. The van der Waals surface area contributed by atoms with Gasteiger partial charge in [0.25, 0.3) is 0 Å². The van der Waals surface area contributed by atoms with Gasteiger partial charge in [0.2, 0.25) is 5.91 Å². The maximum Gasteiger partial charge on any atom is 0.240 e. The molecule has 0 fully saturated rings. The number of rotatable bonds is 1. The molecule has 3 heteroatoms. The van der Waals surface area contributed by atoms with Crippen LogP contribution in [0.1, 0.15) is 24.5 Å². The monoisotopic (exact) mass is 256 g/mol. The third kappa shape index (κ3) is 2.56. The first-order valence-corrected chi connectivity index (χ1v) is 6.98. The Hall–Kier alpha value is -1.61. The van der Waals surface area contributed by atoms with Gasteiger partial charge >= 0.3 is 0 Å². The number of fused-ring (bicyclic) bond motifs is 1. The van der Waals surface area contributed by atoms with E-state index >= 15 is 0 Å². The molecule has 0 aliphatic carbocycles. The van der Waals surface area contributed by atoms with Gasteiger partial charge in [0, 0.05) is 19.6 Å². The number of amides is 1. The predicted molar refractivity (Wildman–Crippen MR) is 75.7 cm³/mol.